The number of hydrogen-bond donors (Lipinski definition) is 3. The van der Waals surface area contributed by atoms with Gasteiger partial charge in [0.1, 0.15) is 0 Å². The first-order valence-corrected chi connectivity index (χ1v) is 7.35. The Morgan fingerprint density at radius 2 is 1.91 bits per heavy atom. The summed E-state index contributed by atoms with van der Waals surface area (Å²) in [6.45, 7) is 1.18. The maximum Gasteiger partial charge on any atom is 0.251 e. The first kappa shape index (κ1) is 14.8. The number of nitrogens with one attached hydrogen (secondary N) is 3. The Morgan fingerprint density at radius 1 is 1.04 bits per heavy atom. The van der Waals surface area contributed by atoms with Crippen LogP contribution in [0.2, 0.25) is 0 Å². The number of carbonyl (C=O) groups is 1. The Hall–Kier alpha value is -3.15. The number of aromatic nitrogens is 3. The average Bonchev–Trinajstić information content (AvgIpc) is 3.14. The average molecular weight is 307 g/mol. The molecule has 2 heterocycles. The second kappa shape index (κ2) is 7.22. The number of carbonyl (C=O) groups excluding carboxylic acids is 1. The monoisotopic (exact) mass is 307 g/mol. The highest BCUT2D eigenvalue weighted by Gasteiger charge is 2.05. The number of nitrogens with zero attached hydrogens (tertiary/aromatic N) is 2. The van der Waals surface area contributed by atoms with E-state index in [1.54, 1.807) is 30.7 Å². The molecule has 23 heavy (non-hydrogen) atoms. The lowest BCUT2D eigenvalue weighted by Gasteiger charge is -2.08. The normalized spacial score (nSPS) is 10.3. The Bertz CT molecular complexity index is 738. The molecule has 0 saturated carbocycles. The van der Waals surface area contributed by atoms with Crippen molar-refractivity contribution in [3.05, 3.63) is 66.6 Å². The molecular weight excluding hydrogens is 290 g/mol. The van der Waals surface area contributed by atoms with Crippen LogP contribution in [0.15, 0.2) is 61.1 Å². The Labute approximate surface area is 134 Å². The summed E-state index contributed by atoms with van der Waals surface area (Å²) in [7, 11) is 0. The summed E-state index contributed by atoms with van der Waals surface area (Å²) >= 11 is 0. The van der Waals surface area contributed by atoms with E-state index >= 15 is 0 Å². The van der Waals surface area contributed by atoms with Crippen molar-refractivity contribution in [1.29, 1.82) is 0 Å². The van der Waals surface area contributed by atoms with Gasteiger partial charge in [-0.15, -0.1) is 0 Å². The van der Waals surface area contributed by atoms with Crippen LogP contribution in [0.4, 0.5) is 5.69 Å². The van der Waals surface area contributed by atoms with Gasteiger partial charge in [0, 0.05) is 37.2 Å². The van der Waals surface area contributed by atoms with Crippen LogP contribution in [0.3, 0.4) is 0 Å². The van der Waals surface area contributed by atoms with Gasteiger partial charge in [0.05, 0.1) is 11.4 Å². The minimum atomic E-state index is -0.0888. The molecule has 0 spiro atoms. The highest BCUT2D eigenvalue weighted by molar-refractivity contribution is 5.94. The van der Waals surface area contributed by atoms with Gasteiger partial charge in [-0.2, -0.15) is 5.10 Å². The van der Waals surface area contributed by atoms with E-state index in [2.05, 4.69) is 25.8 Å². The van der Waals surface area contributed by atoms with Crippen LogP contribution in [0.5, 0.6) is 0 Å². The minimum absolute atomic E-state index is 0.0888. The van der Waals surface area contributed by atoms with Crippen LogP contribution in [-0.4, -0.2) is 34.2 Å². The smallest absolute Gasteiger partial charge is 0.251 e. The van der Waals surface area contributed by atoms with Gasteiger partial charge in [-0.25, -0.2) is 0 Å². The van der Waals surface area contributed by atoms with Crippen molar-refractivity contribution < 1.29 is 4.79 Å². The molecule has 3 N–H and O–H groups in total. The maximum atomic E-state index is 12.1. The van der Waals surface area contributed by atoms with Crippen molar-refractivity contribution in [2.24, 2.45) is 0 Å². The lowest BCUT2D eigenvalue weighted by atomic mass is 10.1. The molecule has 3 rings (SSSR count). The molecule has 0 radical (unpaired) electrons. The molecular formula is C17H17N5O. The van der Waals surface area contributed by atoms with E-state index in [0.717, 1.165) is 16.9 Å². The SMILES string of the molecule is O=C(NCCNc1cccnc1)c1ccc(-c2ccn[nH]2)cc1. The van der Waals surface area contributed by atoms with Crippen LogP contribution < -0.4 is 10.6 Å². The number of H-pyrrole nitrogens is 1. The van der Waals surface area contributed by atoms with E-state index in [9.17, 15) is 4.79 Å². The first-order chi connectivity index (χ1) is 11.3. The zero-order valence-corrected chi connectivity index (χ0v) is 12.5. The molecule has 0 unspecified atom stereocenters. The molecule has 6 heteroatoms. The summed E-state index contributed by atoms with van der Waals surface area (Å²) < 4.78 is 0. The molecule has 0 aliphatic rings. The van der Waals surface area contributed by atoms with Crippen LogP contribution in [0, 0.1) is 0 Å². The van der Waals surface area contributed by atoms with Crippen LogP contribution in [0.1, 0.15) is 10.4 Å². The van der Waals surface area contributed by atoms with Gasteiger partial charge in [-0.3, -0.25) is 14.9 Å². The fourth-order valence-corrected chi connectivity index (χ4v) is 2.17. The molecule has 0 saturated heterocycles. The van der Waals surface area contributed by atoms with Crippen LogP contribution in [0.25, 0.3) is 11.3 Å². The van der Waals surface area contributed by atoms with Crippen molar-refractivity contribution in [3.63, 3.8) is 0 Å². The van der Waals surface area contributed by atoms with Crippen molar-refractivity contribution in [2.75, 3.05) is 18.4 Å². The molecule has 1 amide bonds. The zero-order chi connectivity index (χ0) is 15.9. The Morgan fingerprint density at radius 3 is 2.61 bits per heavy atom. The largest absolute Gasteiger partial charge is 0.382 e. The standard InChI is InChI=1S/C17H17N5O/c23-17(20-11-10-19-15-2-1-8-18-12-15)14-5-3-13(4-6-14)16-7-9-21-22-16/h1-9,12,19H,10-11H2,(H,20,23)(H,21,22). The van der Waals surface area contributed by atoms with Gasteiger partial charge in [0.15, 0.2) is 0 Å². The van der Waals surface area contributed by atoms with Crippen molar-refractivity contribution >= 4 is 11.6 Å². The topological polar surface area (TPSA) is 82.7 Å². The summed E-state index contributed by atoms with van der Waals surface area (Å²) in [5.41, 5.74) is 3.50. The Balaban J connectivity index is 1.48. The molecule has 0 bridgehead atoms. The van der Waals surface area contributed by atoms with Crippen molar-refractivity contribution in [2.45, 2.75) is 0 Å². The second-order valence-electron chi connectivity index (χ2n) is 4.97. The van der Waals surface area contributed by atoms with E-state index in [1.165, 1.54) is 0 Å². The number of amides is 1. The number of aromatic amines is 1. The van der Waals surface area contributed by atoms with Crippen molar-refractivity contribution in [3.8, 4) is 11.3 Å². The molecule has 6 nitrogen and oxygen atoms in total. The van der Waals surface area contributed by atoms with Gasteiger partial charge in [0.2, 0.25) is 0 Å². The molecule has 116 valence electrons. The Kier molecular flexibility index (Phi) is 4.63. The number of anilines is 1. The fourth-order valence-electron chi connectivity index (χ4n) is 2.17. The summed E-state index contributed by atoms with van der Waals surface area (Å²) in [6.07, 6.45) is 5.17. The molecule has 0 atom stereocenters. The molecule has 3 aromatic rings. The second-order valence-corrected chi connectivity index (χ2v) is 4.97. The summed E-state index contributed by atoms with van der Waals surface area (Å²) in [4.78, 5) is 16.1. The lowest BCUT2D eigenvalue weighted by molar-refractivity contribution is 0.0955. The third kappa shape index (κ3) is 3.94. The molecule has 0 aliphatic carbocycles. The first-order valence-electron chi connectivity index (χ1n) is 7.35. The van der Waals surface area contributed by atoms with Gasteiger partial charge in [-0.05, 0) is 35.9 Å². The minimum Gasteiger partial charge on any atom is -0.382 e. The molecule has 2 aromatic heterocycles. The summed E-state index contributed by atoms with van der Waals surface area (Å²) in [5.74, 6) is -0.0888. The lowest BCUT2D eigenvalue weighted by Crippen LogP contribution is -2.28. The highest BCUT2D eigenvalue weighted by atomic mass is 16.1. The number of pyridine rings is 1. The van der Waals surface area contributed by atoms with Gasteiger partial charge < -0.3 is 10.6 Å². The highest BCUT2D eigenvalue weighted by Crippen LogP contribution is 2.16. The third-order valence-corrected chi connectivity index (χ3v) is 3.36. The molecule has 0 fully saturated rings. The molecule has 0 aliphatic heterocycles. The van der Waals surface area contributed by atoms with E-state index in [1.807, 2.05) is 30.3 Å². The number of rotatable bonds is 6. The fraction of sp³-hybridized carbons (Fsp3) is 0.118. The summed E-state index contributed by atoms with van der Waals surface area (Å²) in [5, 5.41) is 12.9. The molecule has 1 aromatic carbocycles. The van der Waals surface area contributed by atoms with E-state index in [-0.39, 0.29) is 5.91 Å². The number of benzene rings is 1. The maximum absolute atomic E-state index is 12.1. The predicted molar refractivity (Wildman–Crippen MR) is 89.1 cm³/mol. The van der Waals surface area contributed by atoms with E-state index in [4.69, 9.17) is 0 Å². The quantitative estimate of drug-likeness (QED) is 0.610. The van der Waals surface area contributed by atoms with Crippen molar-refractivity contribution in [1.82, 2.24) is 20.5 Å². The predicted octanol–water partition coefficient (Wildman–Crippen LogP) is 2.31. The van der Waals surface area contributed by atoms with Crippen LogP contribution >= 0.6 is 0 Å². The summed E-state index contributed by atoms with van der Waals surface area (Å²) in [6, 6.07) is 13.1. The van der Waals surface area contributed by atoms with Gasteiger partial charge in [0.25, 0.3) is 5.91 Å². The van der Waals surface area contributed by atoms with Crippen LogP contribution in [-0.2, 0) is 0 Å². The third-order valence-electron chi connectivity index (χ3n) is 3.36. The van der Waals surface area contributed by atoms with E-state index < -0.39 is 0 Å². The van der Waals surface area contributed by atoms with E-state index in [0.29, 0.717) is 18.7 Å². The number of hydrogen-bond acceptors (Lipinski definition) is 4. The van der Waals surface area contributed by atoms with Gasteiger partial charge >= 0.3 is 0 Å². The van der Waals surface area contributed by atoms with Gasteiger partial charge in [-0.1, -0.05) is 12.1 Å². The zero-order valence-electron chi connectivity index (χ0n) is 12.5.